The third-order valence-corrected chi connectivity index (χ3v) is 3.86. The van der Waals surface area contributed by atoms with Crippen LogP contribution in [0.1, 0.15) is 35.2 Å². The van der Waals surface area contributed by atoms with Gasteiger partial charge in [0.05, 0.1) is 17.1 Å². The molecule has 0 atom stereocenters. The molecule has 0 unspecified atom stereocenters. The van der Waals surface area contributed by atoms with Crippen LogP contribution in [0, 0.1) is 17.2 Å². The normalized spacial score (nSPS) is 15.3. The third kappa shape index (κ3) is 1.62. The number of aromatic nitrogens is 1. The lowest BCUT2D eigenvalue weighted by atomic mass is 9.85. The Labute approximate surface area is 106 Å². The summed E-state index contributed by atoms with van der Waals surface area (Å²) in [4.78, 5) is 11.1. The third-order valence-electron chi connectivity index (χ3n) is 3.86. The van der Waals surface area contributed by atoms with Crippen LogP contribution in [0.3, 0.4) is 0 Å². The monoisotopic (exact) mass is 238 g/mol. The molecule has 3 rings (SSSR count). The van der Waals surface area contributed by atoms with Crippen LogP contribution in [0.15, 0.2) is 24.4 Å². The molecule has 1 fully saturated rings. The second-order valence-corrected chi connectivity index (χ2v) is 4.96. The Hall–Kier alpha value is -2.08. The Kier molecular flexibility index (Phi) is 2.64. The molecule has 1 heterocycles. The molecule has 1 aromatic heterocycles. The van der Waals surface area contributed by atoms with Crippen LogP contribution in [-0.2, 0) is 6.54 Å². The zero-order valence-electron chi connectivity index (χ0n) is 10.1. The molecule has 18 heavy (non-hydrogen) atoms. The zero-order valence-corrected chi connectivity index (χ0v) is 10.1. The van der Waals surface area contributed by atoms with Crippen molar-refractivity contribution in [2.75, 3.05) is 0 Å². The summed E-state index contributed by atoms with van der Waals surface area (Å²) in [5.74, 6) is 0.728. The van der Waals surface area contributed by atoms with Crippen LogP contribution in [0.5, 0.6) is 0 Å². The van der Waals surface area contributed by atoms with Crippen molar-refractivity contribution >= 4 is 17.2 Å². The van der Waals surface area contributed by atoms with Gasteiger partial charge < -0.3 is 4.57 Å². The van der Waals surface area contributed by atoms with E-state index in [2.05, 4.69) is 10.6 Å². The average molecular weight is 238 g/mol. The number of nitrogens with zero attached hydrogens (tertiary/aromatic N) is 2. The van der Waals surface area contributed by atoms with Crippen molar-refractivity contribution in [1.29, 1.82) is 5.26 Å². The average Bonchev–Trinajstić information content (AvgIpc) is 2.72. The summed E-state index contributed by atoms with van der Waals surface area (Å²) in [5, 5.41) is 9.93. The summed E-state index contributed by atoms with van der Waals surface area (Å²) in [6.45, 7) is 0.958. The van der Waals surface area contributed by atoms with Crippen molar-refractivity contribution in [2.24, 2.45) is 5.92 Å². The Bertz CT molecular complexity index is 644. The fourth-order valence-electron chi connectivity index (χ4n) is 2.67. The minimum Gasteiger partial charge on any atom is -0.346 e. The largest absolute Gasteiger partial charge is 0.346 e. The minimum atomic E-state index is 0.585. The molecule has 1 aliphatic carbocycles. The molecule has 90 valence electrons. The highest BCUT2D eigenvalue weighted by atomic mass is 16.1. The molecule has 1 aromatic carbocycles. The van der Waals surface area contributed by atoms with Crippen molar-refractivity contribution in [3.05, 3.63) is 35.5 Å². The van der Waals surface area contributed by atoms with Gasteiger partial charge in [0.25, 0.3) is 0 Å². The summed E-state index contributed by atoms with van der Waals surface area (Å²) in [5.41, 5.74) is 2.21. The smallest absolute Gasteiger partial charge is 0.152 e. The van der Waals surface area contributed by atoms with E-state index in [0.29, 0.717) is 11.1 Å². The molecular formula is C15H14N2O. The van der Waals surface area contributed by atoms with E-state index in [1.54, 1.807) is 6.07 Å². The number of benzene rings is 1. The van der Waals surface area contributed by atoms with Crippen LogP contribution in [0.25, 0.3) is 10.9 Å². The van der Waals surface area contributed by atoms with Gasteiger partial charge in [0.1, 0.15) is 0 Å². The van der Waals surface area contributed by atoms with Gasteiger partial charge in [-0.1, -0.05) is 12.5 Å². The molecule has 1 aliphatic rings. The summed E-state index contributed by atoms with van der Waals surface area (Å²) >= 11 is 0. The Balaban J connectivity index is 2.15. The summed E-state index contributed by atoms with van der Waals surface area (Å²) < 4.78 is 2.13. The van der Waals surface area contributed by atoms with E-state index < -0.39 is 0 Å². The predicted molar refractivity (Wildman–Crippen MR) is 69.4 cm³/mol. The minimum absolute atomic E-state index is 0.585. The van der Waals surface area contributed by atoms with Crippen LogP contribution < -0.4 is 0 Å². The van der Waals surface area contributed by atoms with Gasteiger partial charge >= 0.3 is 0 Å². The number of fused-ring (bicyclic) bond motifs is 1. The standard InChI is InChI=1S/C15H14N2O/c16-7-12-5-2-6-14-15(12)13(10-18)9-17(14)8-11-3-1-4-11/h2,5-6,9-11H,1,3-4,8H2. The van der Waals surface area contributed by atoms with E-state index >= 15 is 0 Å². The van der Waals surface area contributed by atoms with Crippen molar-refractivity contribution < 1.29 is 4.79 Å². The Morgan fingerprint density at radius 2 is 2.28 bits per heavy atom. The van der Waals surface area contributed by atoms with Gasteiger partial charge in [-0.15, -0.1) is 0 Å². The number of carbonyl (C=O) groups is 1. The highest BCUT2D eigenvalue weighted by Gasteiger charge is 2.20. The summed E-state index contributed by atoms with van der Waals surface area (Å²) in [7, 11) is 0. The fourth-order valence-corrected chi connectivity index (χ4v) is 2.67. The second-order valence-electron chi connectivity index (χ2n) is 4.96. The lowest BCUT2D eigenvalue weighted by Crippen LogP contribution is -2.17. The molecule has 3 heteroatoms. The quantitative estimate of drug-likeness (QED) is 0.771. The topological polar surface area (TPSA) is 45.8 Å². The van der Waals surface area contributed by atoms with Gasteiger partial charge in [-0.25, -0.2) is 0 Å². The molecular weight excluding hydrogens is 224 g/mol. The first kappa shape index (κ1) is 11.0. The Morgan fingerprint density at radius 3 is 2.89 bits per heavy atom. The number of carbonyl (C=O) groups excluding carboxylic acids is 1. The van der Waals surface area contributed by atoms with Gasteiger partial charge in [0.2, 0.25) is 0 Å². The van der Waals surface area contributed by atoms with Crippen LogP contribution in [0.4, 0.5) is 0 Å². The van der Waals surface area contributed by atoms with E-state index in [1.807, 2.05) is 18.3 Å². The van der Waals surface area contributed by atoms with Gasteiger partial charge in [-0.2, -0.15) is 5.26 Å². The van der Waals surface area contributed by atoms with E-state index in [0.717, 1.165) is 29.7 Å². The molecule has 0 bridgehead atoms. The first-order chi connectivity index (χ1) is 8.83. The molecule has 0 saturated heterocycles. The van der Waals surface area contributed by atoms with Crippen molar-refractivity contribution in [2.45, 2.75) is 25.8 Å². The molecule has 3 nitrogen and oxygen atoms in total. The fraction of sp³-hybridized carbons (Fsp3) is 0.333. The van der Waals surface area contributed by atoms with Gasteiger partial charge in [-0.05, 0) is 30.9 Å². The maximum atomic E-state index is 11.1. The van der Waals surface area contributed by atoms with Crippen molar-refractivity contribution in [3.8, 4) is 6.07 Å². The number of hydrogen-bond donors (Lipinski definition) is 0. The van der Waals surface area contributed by atoms with Crippen molar-refractivity contribution in [3.63, 3.8) is 0 Å². The molecule has 0 spiro atoms. The summed E-state index contributed by atoms with van der Waals surface area (Å²) in [6, 6.07) is 7.80. The van der Waals surface area contributed by atoms with Gasteiger partial charge in [0.15, 0.2) is 6.29 Å². The van der Waals surface area contributed by atoms with Crippen molar-refractivity contribution in [1.82, 2.24) is 4.57 Å². The molecule has 0 aliphatic heterocycles. The Morgan fingerprint density at radius 1 is 1.44 bits per heavy atom. The molecule has 0 amide bonds. The SMILES string of the molecule is N#Cc1cccc2c1c(C=O)cn2CC1CCC1. The maximum absolute atomic E-state index is 11.1. The highest BCUT2D eigenvalue weighted by Crippen LogP contribution is 2.31. The number of nitriles is 1. The van der Waals surface area contributed by atoms with Gasteiger partial charge in [-0.3, -0.25) is 4.79 Å². The van der Waals surface area contributed by atoms with Crippen LogP contribution in [0.2, 0.25) is 0 Å². The van der Waals surface area contributed by atoms with Crippen LogP contribution >= 0.6 is 0 Å². The number of hydrogen-bond acceptors (Lipinski definition) is 2. The molecule has 2 aromatic rings. The molecule has 0 N–H and O–H groups in total. The van der Waals surface area contributed by atoms with Crippen LogP contribution in [-0.4, -0.2) is 10.9 Å². The second kappa shape index (κ2) is 4.30. The number of aldehydes is 1. The number of rotatable bonds is 3. The lowest BCUT2D eigenvalue weighted by molar-refractivity contribution is 0.112. The van der Waals surface area contributed by atoms with E-state index in [4.69, 9.17) is 5.26 Å². The first-order valence-corrected chi connectivity index (χ1v) is 6.30. The van der Waals surface area contributed by atoms with E-state index in [1.165, 1.54) is 19.3 Å². The van der Waals surface area contributed by atoms with E-state index in [-0.39, 0.29) is 0 Å². The zero-order chi connectivity index (χ0) is 12.5. The molecule has 0 radical (unpaired) electrons. The highest BCUT2D eigenvalue weighted by molar-refractivity contribution is 6.00. The lowest BCUT2D eigenvalue weighted by Gasteiger charge is -2.26. The van der Waals surface area contributed by atoms with Gasteiger partial charge in [0, 0.05) is 23.7 Å². The first-order valence-electron chi connectivity index (χ1n) is 6.30. The summed E-state index contributed by atoms with van der Waals surface area (Å²) in [6.07, 6.45) is 6.59. The molecule has 1 saturated carbocycles. The maximum Gasteiger partial charge on any atom is 0.152 e. The van der Waals surface area contributed by atoms with E-state index in [9.17, 15) is 4.79 Å². The predicted octanol–water partition coefficient (Wildman–Crippen LogP) is 3.13.